The molecule has 3 aromatic rings. The van der Waals surface area contributed by atoms with Crippen LogP contribution in [0.15, 0.2) is 53.1 Å². The van der Waals surface area contributed by atoms with E-state index < -0.39 is 4.92 Å². The SMILES string of the molecule is CCCCCN(Cc1ccc(-n2cc(Br)cc2C#N)cc1)c1nc(Cl)ccc1[N+](=O)[O-]. The number of halogens is 2. The second-order valence-corrected chi connectivity index (χ2v) is 8.36. The van der Waals surface area contributed by atoms with Crippen molar-refractivity contribution in [2.24, 2.45) is 0 Å². The Bertz CT molecular complexity index is 1110. The van der Waals surface area contributed by atoms with Crippen LogP contribution in [-0.2, 0) is 6.54 Å². The molecule has 0 saturated heterocycles. The van der Waals surface area contributed by atoms with Gasteiger partial charge in [-0.05, 0) is 52.2 Å². The molecule has 7 nitrogen and oxygen atoms in total. The first-order chi connectivity index (χ1) is 14.9. The summed E-state index contributed by atoms with van der Waals surface area (Å²) in [6.45, 7) is 3.20. The lowest BCUT2D eigenvalue weighted by molar-refractivity contribution is -0.384. The van der Waals surface area contributed by atoms with Gasteiger partial charge >= 0.3 is 5.69 Å². The zero-order valence-electron chi connectivity index (χ0n) is 17.0. The van der Waals surface area contributed by atoms with Crippen LogP contribution in [-0.4, -0.2) is 21.0 Å². The van der Waals surface area contributed by atoms with Gasteiger partial charge in [-0.1, -0.05) is 43.5 Å². The fourth-order valence-corrected chi connectivity index (χ4v) is 3.88. The third kappa shape index (κ3) is 5.63. The van der Waals surface area contributed by atoms with Crippen LogP contribution in [0, 0.1) is 21.4 Å². The third-order valence-electron chi connectivity index (χ3n) is 4.84. The highest BCUT2D eigenvalue weighted by Crippen LogP contribution is 2.29. The van der Waals surface area contributed by atoms with E-state index in [9.17, 15) is 15.4 Å². The van der Waals surface area contributed by atoms with Crippen molar-refractivity contribution < 1.29 is 4.92 Å². The van der Waals surface area contributed by atoms with Gasteiger partial charge in [-0.15, -0.1) is 0 Å². The maximum absolute atomic E-state index is 11.5. The topological polar surface area (TPSA) is 88.0 Å². The Labute approximate surface area is 194 Å². The van der Waals surface area contributed by atoms with Crippen LogP contribution in [0.2, 0.25) is 5.15 Å². The summed E-state index contributed by atoms with van der Waals surface area (Å²) >= 11 is 9.45. The fourth-order valence-electron chi connectivity index (χ4n) is 3.32. The minimum atomic E-state index is -0.429. The van der Waals surface area contributed by atoms with Crippen LogP contribution >= 0.6 is 27.5 Å². The molecule has 0 saturated carbocycles. The molecule has 0 aliphatic rings. The molecule has 160 valence electrons. The number of hydrogen-bond donors (Lipinski definition) is 0. The van der Waals surface area contributed by atoms with Gasteiger partial charge in [0, 0.05) is 35.5 Å². The number of anilines is 1. The summed E-state index contributed by atoms with van der Waals surface area (Å²) in [5.74, 6) is 0.277. The van der Waals surface area contributed by atoms with Crippen LogP contribution in [0.5, 0.6) is 0 Å². The smallest absolute Gasteiger partial charge is 0.311 e. The van der Waals surface area contributed by atoms with E-state index in [1.54, 1.807) is 10.6 Å². The van der Waals surface area contributed by atoms with E-state index in [0.29, 0.717) is 18.8 Å². The van der Waals surface area contributed by atoms with E-state index in [2.05, 4.69) is 33.9 Å². The van der Waals surface area contributed by atoms with Gasteiger partial charge in [0.25, 0.3) is 0 Å². The van der Waals surface area contributed by atoms with E-state index in [0.717, 1.165) is 35.0 Å². The maximum atomic E-state index is 11.5. The number of nitro groups is 1. The molecule has 31 heavy (non-hydrogen) atoms. The zero-order chi connectivity index (χ0) is 22.4. The molecule has 0 aliphatic heterocycles. The molecule has 0 amide bonds. The normalized spacial score (nSPS) is 10.6. The summed E-state index contributed by atoms with van der Waals surface area (Å²) in [6.07, 6.45) is 4.79. The van der Waals surface area contributed by atoms with Crippen LogP contribution in [0.3, 0.4) is 0 Å². The average molecular weight is 503 g/mol. The second kappa shape index (κ2) is 10.4. The lowest BCUT2D eigenvalue weighted by atomic mass is 10.1. The minimum absolute atomic E-state index is 0.0617. The lowest BCUT2D eigenvalue weighted by Crippen LogP contribution is -2.26. The second-order valence-electron chi connectivity index (χ2n) is 7.05. The van der Waals surface area contributed by atoms with Crippen molar-refractivity contribution in [3.05, 3.63) is 79.7 Å². The predicted molar refractivity (Wildman–Crippen MR) is 125 cm³/mol. The summed E-state index contributed by atoms with van der Waals surface area (Å²) in [7, 11) is 0. The number of unbranched alkanes of at least 4 members (excludes halogenated alkanes) is 2. The van der Waals surface area contributed by atoms with Gasteiger partial charge in [0.05, 0.1) is 4.92 Å². The van der Waals surface area contributed by atoms with Gasteiger partial charge in [-0.2, -0.15) is 5.26 Å². The molecule has 0 spiro atoms. The van der Waals surface area contributed by atoms with E-state index in [1.807, 2.05) is 35.4 Å². The minimum Gasteiger partial charge on any atom is -0.347 e. The van der Waals surface area contributed by atoms with Crippen molar-refractivity contribution >= 4 is 39.0 Å². The first kappa shape index (κ1) is 22.8. The van der Waals surface area contributed by atoms with Gasteiger partial charge in [-0.3, -0.25) is 10.1 Å². The number of benzene rings is 1. The third-order valence-corrected chi connectivity index (χ3v) is 5.48. The molecule has 2 heterocycles. The Balaban J connectivity index is 1.89. The standard InChI is InChI=1S/C22H21BrClN5O2/c1-2-3-4-11-27(22-20(29(30)31)9-10-21(24)26-22)14-16-5-7-18(8-6-16)28-15-17(23)12-19(28)13-25/h5-10,12,15H,2-4,11,14H2,1H3. The van der Waals surface area contributed by atoms with Crippen LogP contribution in [0.4, 0.5) is 11.5 Å². The van der Waals surface area contributed by atoms with E-state index in [4.69, 9.17) is 11.6 Å². The molecule has 0 atom stereocenters. The summed E-state index contributed by atoms with van der Waals surface area (Å²) in [5, 5.41) is 21.1. The Morgan fingerprint density at radius 2 is 2.00 bits per heavy atom. The van der Waals surface area contributed by atoms with Crippen molar-refractivity contribution in [1.82, 2.24) is 9.55 Å². The summed E-state index contributed by atoms with van der Waals surface area (Å²) in [6, 6.07) is 14.5. The zero-order valence-corrected chi connectivity index (χ0v) is 19.3. The lowest BCUT2D eigenvalue weighted by Gasteiger charge is -2.24. The summed E-state index contributed by atoms with van der Waals surface area (Å²) in [4.78, 5) is 17.3. The van der Waals surface area contributed by atoms with E-state index >= 15 is 0 Å². The number of nitrogens with zero attached hydrogens (tertiary/aromatic N) is 5. The van der Waals surface area contributed by atoms with Crippen molar-refractivity contribution in [3.8, 4) is 11.8 Å². The summed E-state index contributed by atoms with van der Waals surface area (Å²) in [5.41, 5.74) is 2.30. The monoisotopic (exact) mass is 501 g/mol. The van der Waals surface area contributed by atoms with Gasteiger partial charge in [-0.25, -0.2) is 4.98 Å². The van der Waals surface area contributed by atoms with Gasteiger partial charge in [0.15, 0.2) is 0 Å². The molecule has 3 rings (SSSR count). The highest BCUT2D eigenvalue weighted by molar-refractivity contribution is 9.10. The first-order valence-electron chi connectivity index (χ1n) is 9.86. The van der Waals surface area contributed by atoms with Gasteiger partial charge in [0.2, 0.25) is 5.82 Å². The van der Waals surface area contributed by atoms with Crippen LogP contribution in [0.25, 0.3) is 5.69 Å². The van der Waals surface area contributed by atoms with E-state index in [1.165, 1.54) is 12.1 Å². The number of nitriles is 1. The Hall–Kier alpha value is -2.89. The highest BCUT2D eigenvalue weighted by atomic mass is 79.9. The molecule has 0 unspecified atom stereocenters. The van der Waals surface area contributed by atoms with Crippen LogP contribution < -0.4 is 4.90 Å². The number of hydrogen-bond acceptors (Lipinski definition) is 5. The van der Waals surface area contributed by atoms with Crippen LogP contribution in [0.1, 0.15) is 37.4 Å². The highest BCUT2D eigenvalue weighted by Gasteiger charge is 2.22. The molecule has 1 aromatic carbocycles. The Kier molecular flexibility index (Phi) is 7.66. The van der Waals surface area contributed by atoms with Crippen molar-refractivity contribution in [2.45, 2.75) is 32.7 Å². The molecule has 9 heteroatoms. The first-order valence-corrected chi connectivity index (χ1v) is 11.0. The number of aromatic nitrogens is 2. The quantitative estimate of drug-likeness (QED) is 0.149. The molecule has 0 fully saturated rings. The van der Waals surface area contributed by atoms with Crippen molar-refractivity contribution in [3.63, 3.8) is 0 Å². The molecule has 0 radical (unpaired) electrons. The Morgan fingerprint density at radius 3 is 2.65 bits per heavy atom. The molecule has 0 bridgehead atoms. The summed E-state index contributed by atoms with van der Waals surface area (Å²) < 4.78 is 2.63. The van der Waals surface area contributed by atoms with Gasteiger partial charge in [0.1, 0.15) is 16.9 Å². The molecular formula is C22H21BrClN5O2. The fraction of sp³-hybridized carbons (Fsp3) is 0.273. The van der Waals surface area contributed by atoms with Gasteiger partial charge < -0.3 is 9.47 Å². The average Bonchev–Trinajstić information content (AvgIpc) is 3.14. The molecule has 0 N–H and O–H groups in total. The Morgan fingerprint density at radius 1 is 1.26 bits per heavy atom. The number of pyridine rings is 1. The largest absolute Gasteiger partial charge is 0.347 e. The van der Waals surface area contributed by atoms with Crippen molar-refractivity contribution in [2.75, 3.05) is 11.4 Å². The predicted octanol–water partition coefficient (Wildman–Crippen LogP) is 6.26. The molecule has 2 aromatic heterocycles. The molecule has 0 aliphatic carbocycles. The number of rotatable bonds is 9. The molecular weight excluding hydrogens is 482 g/mol. The van der Waals surface area contributed by atoms with Crippen molar-refractivity contribution in [1.29, 1.82) is 5.26 Å². The van der Waals surface area contributed by atoms with E-state index in [-0.39, 0.29) is 16.7 Å². The maximum Gasteiger partial charge on any atom is 0.311 e.